The molecular formula is C18H17NO2. The van der Waals surface area contributed by atoms with Crippen LogP contribution < -0.4 is 0 Å². The van der Waals surface area contributed by atoms with E-state index in [4.69, 9.17) is 4.74 Å². The van der Waals surface area contributed by atoms with Crippen LogP contribution in [0.3, 0.4) is 0 Å². The Labute approximate surface area is 123 Å². The van der Waals surface area contributed by atoms with Crippen LogP contribution in [0.4, 0.5) is 0 Å². The molecule has 0 radical (unpaired) electrons. The number of rotatable bonds is 4. The van der Waals surface area contributed by atoms with Gasteiger partial charge in [-0.2, -0.15) is 0 Å². The molecule has 0 aliphatic carbocycles. The van der Waals surface area contributed by atoms with Crippen LogP contribution in [0.25, 0.3) is 5.52 Å². The van der Waals surface area contributed by atoms with Crippen molar-refractivity contribution in [1.29, 1.82) is 0 Å². The van der Waals surface area contributed by atoms with E-state index in [1.165, 1.54) is 11.1 Å². The van der Waals surface area contributed by atoms with Crippen LogP contribution in [0, 0.1) is 6.92 Å². The van der Waals surface area contributed by atoms with Gasteiger partial charge < -0.3 is 9.14 Å². The van der Waals surface area contributed by atoms with Crippen molar-refractivity contribution >= 4 is 11.5 Å². The Balaban J connectivity index is 1.59. The van der Waals surface area contributed by atoms with Crippen molar-refractivity contribution in [2.24, 2.45) is 0 Å². The first-order valence-electron chi connectivity index (χ1n) is 7.02. The van der Waals surface area contributed by atoms with Crippen LogP contribution in [0.1, 0.15) is 21.5 Å². The summed E-state index contributed by atoms with van der Waals surface area (Å²) in [5.74, 6) is -0.280. The fraction of sp³-hybridized carbons (Fsp3) is 0.167. The molecule has 0 saturated carbocycles. The average Bonchev–Trinajstić information content (AvgIpc) is 2.96. The molecule has 0 saturated heterocycles. The fourth-order valence-corrected chi connectivity index (χ4v) is 2.25. The van der Waals surface area contributed by atoms with Crippen LogP contribution >= 0.6 is 0 Å². The van der Waals surface area contributed by atoms with Gasteiger partial charge in [-0.05, 0) is 36.8 Å². The molecule has 3 nitrogen and oxygen atoms in total. The molecule has 0 N–H and O–H groups in total. The number of aromatic nitrogens is 1. The molecule has 0 aliphatic rings. The molecule has 0 atom stereocenters. The van der Waals surface area contributed by atoms with E-state index in [1.807, 2.05) is 28.8 Å². The van der Waals surface area contributed by atoms with Gasteiger partial charge in [-0.1, -0.05) is 29.8 Å². The smallest absolute Gasteiger partial charge is 0.339 e. The molecule has 3 heteroatoms. The zero-order valence-electron chi connectivity index (χ0n) is 12.0. The van der Waals surface area contributed by atoms with Gasteiger partial charge >= 0.3 is 5.97 Å². The van der Waals surface area contributed by atoms with E-state index in [9.17, 15) is 4.79 Å². The third kappa shape index (κ3) is 3.14. The number of aryl methyl sites for hydroxylation is 1. The number of hydrogen-bond donors (Lipinski definition) is 0. The maximum absolute atomic E-state index is 12.0. The van der Waals surface area contributed by atoms with Gasteiger partial charge in [-0.15, -0.1) is 0 Å². The molecule has 21 heavy (non-hydrogen) atoms. The van der Waals surface area contributed by atoms with Crippen LogP contribution in [-0.2, 0) is 11.2 Å². The van der Waals surface area contributed by atoms with Gasteiger partial charge in [-0.25, -0.2) is 4.79 Å². The molecule has 0 fully saturated rings. The molecule has 0 amide bonds. The van der Waals surface area contributed by atoms with Crippen LogP contribution in [0.2, 0.25) is 0 Å². The second kappa shape index (κ2) is 5.83. The summed E-state index contributed by atoms with van der Waals surface area (Å²) in [7, 11) is 0. The first kappa shape index (κ1) is 13.4. The molecule has 2 aromatic heterocycles. The minimum atomic E-state index is -0.280. The second-order valence-corrected chi connectivity index (χ2v) is 5.13. The Kier molecular flexibility index (Phi) is 3.73. The second-order valence-electron chi connectivity index (χ2n) is 5.13. The Morgan fingerprint density at radius 3 is 2.71 bits per heavy atom. The summed E-state index contributed by atoms with van der Waals surface area (Å²) in [4.78, 5) is 12.0. The molecule has 0 aliphatic heterocycles. The highest BCUT2D eigenvalue weighted by atomic mass is 16.5. The number of carbonyl (C=O) groups excluding carboxylic acids is 1. The Morgan fingerprint density at radius 1 is 1.10 bits per heavy atom. The lowest BCUT2D eigenvalue weighted by molar-refractivity contribution is 0.0508. The number of nitrogens with zero attached hydrogens (tertiary/aromatic N) is 1. The predicted molar refractivity (Wildman–Crippen MR) is 82.6 cm³/mol. The normalized spacial score (nSPS) is 10.7. The van der Waals surface area contributed by atoms with Crippen molar-refractivity contribution in [2.75, 3.05) is 6.61 Å². The van der Waals surface area contributed by atoms with Gasteiger partial charge in [0.1, 0.15) is 0 Å². The summed E-state index contributed by atoms with van der Waals surface area (Å²) in [6, 6.07) is 15.9. The van der Waals surface area contributed by atoms with Gasteiger partial charge in [0.05, 0.1) is 12.2 Å². The molecule has 1 aromatic carbocycles. The Bertz CT molecular complexity index is 756. The maximum atomic E-state index is 12.0. The third-order valence-corrected chi connectivity index (χ3v) is 3.50. The minimum Gasteiger partial charge on any atom is -0.462 e. The van der Waals surface area contributed by atoms with E-state index in [2.05, 4.69) is 31.2 Å². The van der Waals surface area contributed by atoms with Crippen LogP contribution in [0.15, 0.2) is 60.9 Å². The zero-order valence-corrected chi connectivity index (χ0v) is 12.0. The van der Waals surface area contributed by atoms with Gasteiger partial charge in [0.25, 0.3) is 0 Å². The van der Waals surface area contributed by atoms with Crippen molar-refractivity contribution in [3.05, 3.63) is 77.6 Å². The van der Waals surface area contributed by atoms with Crippen molar-refractivity contribution in [1.82, 2.24) is 4.40 Å². The van der Waals surface area contributed by atoms with Gasteiger partial charge in [0, 0.05) is 24.3 Å². The van der Waals surface area contributed by atoms with Crippen molar-refractivity contribution < 1.29 is 9.53 Å². The largest absolute Gasteiger partial charge is 0.462 e. The zero-order chi connectivity index (χ0) is 14.7. The summed E-state index contributed by atoms with van der Waals surface area (Å²) in [6.45, 7) is 2.45. The Hall–Kier alpha value is -2.55. The van der Waals surface area contributed by atoms with E-state index in [1.54, 1.807) is 12.3 Å². The van der Waals surface area contributed by atoms with E-state index < -0.39 is 0 Å². The van der Waals surface area contributed by atoms with Crippen molar-refractivity contribution in [2.45, 2.75) is 13.3 Å². The van der Waals surface area contributed by atoms with E-state index >= 15 is 0 Å². The number of benzene rings is 1. The highest BCUT2D eigenvalue weighted by Gasteiger charge is 2.07. The number of hydrogen-bond acceptors (Lipinski definition) is 2. The predicted octanol–water partition coefficient (Wildman–Crippen LogP) is 3.65. The summed E-state index contributed by atoms with van der Waals surface area (Å²) in [6.07, 6.45) is 4.44. The minimum absolute atomic E-state index is 0.280. The van der Waals surface area contributed by atoms with Gasteiger partial charge in [-0.3, -0.25) is 0 Å². The molecule has 0 bridgehead atoms. The summed E-state index contributed by atoms with van der Waals surface area (Å²) < 4.78 is 7.25. The molecule has 0 unspecified atom stereocenters. The lowest BCUT2D eigenvalue weighted by Crippen LogP contribution is -2.09. The van der Waals surface area contributed by atoms with E-state index in [0.717, 1.165) is 11.9 Å². The third-order valence-electron chi connectivity index (χ3n) is 3.50. The maximum Gasteiger partial charge on any atom is 0.339 e. The molecule has 106 valence electrons. The lowest BCUT2D eigenvalue weighted by Gasteiger charge is -2.06. The number of esters is 1. The molecule has 2 heterocycles. The first-order valence-corrected chi connectivity index (χ1v) is 7.02. The topological polar surface area (TPSA) is 30.7 Å². The number of carbonyl (C=O) groups is 1. The number of ether oxygens (including phenoxy) is 1. The van der Waals surface area contributed by atoms with Crippen LogP contribution in [-0.4, -0.2) is 17.0 Å². The van der Waals surface area contributed by atoms with Crippen molar-refractivity contribution in [3.63, 3.8) is 0 Å². The molecule has 3 aromatic rings. The summed E-state index contributed by atoms with van der Waals surface area (Å²) in [5, 5.41) is 0. The standard InChI is InChI=1S/C18H17NO2/c1-14-4-6-15(7-5-14)10-12-21-18(20)16-8-9-17-3-2-11-19(17)13-16/h2-9,11,13H,10,12H2,1H3. The highest BCUT2D eigenvalue weighted by molar-refractivity contribution is 5.89. The van der Waals surface area contributed by atoms with Gasteiger partial charge in [0.2, 0.25) is 0 Å². The Morgan fingerprint density at radius 2 is 1.90 bits per heavy atom. The van der Waals surface area contributed by atoms with Crippen molar-refractivity contribution in [3.8, 4) is 0 Å². The molecule has 0 spiro atoms. The van der Waals surface area contributed by atoms with Crippen LogP contribution in [0.5, 0.6) is 0 Å². The lowest BCUT2D eigenvalue weighted by atomic mass is 10.1. The average molecular weight is 279 g/mol. The van der Waals surface area contributed by atoms with Gasteiger partial charge in [0.15, 0.2) is 0 Å². The molecule has 3 rings (SSSR count). The fourth-order valence-electron chi connectivity index (χ4n) is 2.25. The number of pyridine rings is 1. The highest BCUT2D eigenvalue weighted by Crippen LogP contribution is 2.09. The first-order chi connectivity index (χ1) is 10.2. The monoisotopic (exact) mass is 279 g/mol. The summed E-state index contributed by atoms with van der Waals surface area (Å²) in [5.41, 5.74) is 4.04. The summed E-state index contributed by atoms with van der Waals surface area (Å²) >= 11 is 0. The van der Waals surface area contributed by atoms with E-state index in [-0.39, 0.29) is 5.97 Å². The SMILES string of the molecule is Cc1ccc(CCOC(=O)c2ccc3cccn3c2)cc1. The van der Waals surface area contributed by atoms with E-state index in [0.29, 0.717) is 12.2 Å². The molecular weight excluding hydrogens is 262 g/mol. The number of fused-ring (bicyclic) bond motifs is 1. The quantitative estimate of drug-likeness (QED) is 0.682.